The Morgan fingerprint density at radius 1 is 0.577 bits per heavy atom. The molecule has 0 radical (unpaired) electrons. The van der Waals surface area contributed by atoms with Crippen LogP contribution >= 0.6 is 0 Å². The third-order valence-corrected chi connectivity index (χ3v) is 10.1. The summed E-state index contributed by atoms with van der Waals surface area (Å²) < 4.78 is 33.2. The van der Waals surface area contributed by atoms with Gasteiger partial charge in [0.2, 0.25) is 11.8 Å². The summed E-state index contributed by atoms with van der Waals surface area (Å²) in [5, 5.41) is 13.7. The zero-order valence-electron chi connectivity index (χ0n) is 30.3. The van der Waals surface area contributed by atoms with Gasteiger partial charge >= 0.3 is 0 Å². The standard InChI is InChI=1S/C42H54N2O8/c45-39(6-2-3-32-9-10-35-12-11-33-4-1-5-34-13-14-37(32)41(35)40(33)34)43-15-17-47-19-21-49-23-25-51-27-28-52-26-24-50-22-20-48-18-16-44-42(46)38-30-31-7-8-36(38)29-31/h1,4-5,7-14,31,36,38H,2-3,6,15-30H2,(H,43,45)(H,44,46). The van der Waals surface area contributed by atoms with Crippen molar-refractivity contribution < 1.29 is 38.0 Å². The van der Waals surface area contributed by atoms with Crippen LogP contribution in [0.2, 0.25) is 0 Å². The molecule has 1 fully saturated rings. The van der Waals surface area contributed by atoms with Gasteiger partial charge in [0.05, 0.1) is 79.3 Å². The van der Waals surface area contributed by atoms with E-state index in [1.807, 2.05) is 0 Å². The topological polar surface area (TPSA) is 114 Å². The van der Waals surface area contributed by atoms with Gasteiger partial charge in [-0.15, -0.1) is 0 Å². The van der Waals surface area contributed by atoms with E-state index in [0.29, 0.717) is 111 Å². The Bertz CT molecular complexity index is 1710. The van der Waals surface area contributed by atoms with Crippen LogP contribution in [0.5, 0.6) is 0 Å². The normalized spacial score (nSPS) is 18.0. The Balaban J connectivity index is 0.671. The fourth-order valence-electron chi connectivity index (χ4n) is 7.47. The molecule has 0 aliphatic heterocycles. The Morgan fingerprint density at radius 2 is 1.12 bits per heavy atom. The van der Waals surface area contributed by atoms with E-state index in [1.54, 1.807) is 0 Å². The molecule has 3 atom stereocenters. The number of rotatable bonds is 26. The predicted molar refractivity (Wildman–Crippen MR) is 203 cm³/mol. The van der Waals surface area contributed by atoms with Gasteiger partial charge < -0.3 is 39.1 Å². The second-order valence-electron chi connectivity index (χ2n) is 13.6. The van der Waals surface area contributed by atoms with Gasteiger partial charge in [-0.2, -0.15) is 0 Å². The zero-order chi connectivity index (χ0) is 35.8. The van der Waals surface area contributed by atoms with Crippen molar-refractivity contribution in [1.82, 2.24) is 10.6 Å². The molecule has 2 aliphatic carbocycles. The van der Waals surface area contributed by atoms with Crippen molar-refractivity contribution in [1.29, 1.82) is 0 Å². The number of amides is 2. The third-order valence-electron chi connectivity index (χ3n) is 10.1. The lowest BCUT2D eigenvalue weighted by molar-refractivity contribution is -0.126. The average molecular weight is 715 g/mol. The summed E-state index contributed by atoms with van der Waals surface area (Å²) in [6.07, 6.45) is 8.71. The van der Waals surface area contributed by atoms with Crippen molar-refractivity contribution in [3.63, 3.8) is 0 Å². The molecule has 280 valence electrons. The van der Waals surface area contributed by atoms with E-state index in [4.69, 9.17) is 28.4 Å². The SMILES string of the molecule is O=C(CCCc1ccc2ccc3cccc4ccc1c2c34)NCCOCCOCCOCCOCCOCCOCCNC(=O)C1CC2C=CC1C2. The number of benzene rings is 4. The molecule has 2 N–H and O–H groups in total. The first-order chi connectivity index (χ1) is 25.7. The summed E-state index contributed by atoms with van der Waals surface area (Å²) in [6, 6.07) is 19.7. The summed E-state index contributed by atoms with van der Waals surface area (Å²) in [7, 11) is 0. The monoisotopic (exact) mass is 714 g/mol. The number of hydrogen-bond acceptors (Lipinski definition) is 8. The Hall–Kier alpha value is -3.64. The minimum absolute atomic E-state index is 0.0501. The lowest BCUT2D eigenvalue weighted by Gasteiger charge is -2.17. The molecule has 10 heteroatoms. The average Bonchev–Trinajstić information content (AvgIpc) is 3.81. The number of hydrogen-bond donors (Lipinski definition) is 2. The second kappa shape index (κ2) is 20.6. The van der Waals surface area contributed by atoms with Gasteiger partial charge in [0, 0.05) is 25.4 Å². The van der Waals surface area contributed by atoms with E-state index >= 15 is 0 Å². The van der Waals surface area contributed by atoms with Gasteiger partial charge in [-0.3, -0.25) is 9.59 Å². The number of fused-ring (bicyclic) bond motifs is 2. The largest absolute Gasteiger partial charge is 0.377 e. The third kappa shape index (κ3) is 10.9. The van der Waals surface area contributed by atoms with Crippen molar-refractivity contribution in [2.75, 3.05) is 92.4 Å². The molecule has 0 heterocycles. The molecule has 0 saturated heterocycles. The number of nitrogens with one attached hydrogen (secondary N) is 2. The molecule has 4 aromatic rings. The quantitative estimate of drug-likeness (QED) is 0.0502. The number of allylic oxidation sites excluding steroid dienone is 2. The van der Waals surface area contributed by atoms with E-state index in [-0.39, 0.29) is 17.7 Å². The summed E-state index contributed by atoms with van der Waals surface area (Å²) in [4.78, 5) is 24.7. The number of carbonyl (C=O) groups excluding carboxylic acids is 2. The molecule has 0 aromatic heterocycles. The van der Waals surface area contributed by atoms with Crippen LogP contribution in [0.25, 0.3) is 32.3 Å². The van der Waals surface area contributed by atoms with Gasteiger partial charge in [-0.1, -0.05) is 66.7 Å². The van der Waals surface area contributed by atoms with Crippen molar-refractivity contribution in [2.24, 2.45) is 17.8 Å². The molecule has 4 aromatic carbocycles. The van der Waals surface area contributed by atoms with E-state index in [1.165, 1.54) is 37.9 Å². The smallest absolute Gasteiger partial charge is 0.223 e. The number of carbonyl (C=O) groups is 2. The molecule has 3 unspecified atom stereocenters. The van der Waals surface area contributed by atoms with Gasteiger partial charge in [0.25, 0.3) is 0 Å². The van der Waals surface area contributed by atoms with Gasteiger partial charge in [-0.05, 0) is 75.4 Å². The highest BCUT2D eigenvalue weighted by Gasteiger charge is 2.39. The fraction of sp³-hybridized carbons (Fsp3) is 0.524. The van der Waals surface area contributed by atoms with Crippen LogP contribution in [0.1, 0.15) is 31.2 Å². The van der Waals surface area contributed by atoms with Crippen LogP contribution in [0.15, 0.2) is 66.7 Å². The summed E-state index contributed by atoms with van der Waals surface area (Å²) >= 11 is 0. The van der Waals surface area contributed by atoms with Crippen LogP contribution in [0.3, 0.4) is 0 Å². The Morgan fingerprint density at radius 3 is 1.69 bits per heavy atom. The molecule has 6 rings (SSSR count). The Labute approximate surface area is 306 Å². The summed E-state index contributed by atoms with van der Waals surface area (Å²) in [5.74, 6) is 1.38. The first kappa shape index (κ1) is 38.1. The Kier molecular flexibility index (Phi) is 15.1. The zero-order valence-corrected chi connectivity index (χ0v) is 30.3. The molecular formula is C42H54N2O8. The van der Waals surface area contributed by atoms with E-state index in [9.17, 15) is 9.59 Å². The van der Waals surface area contributed by atoms with Gasteiger partial charge in [0.1, 0.15) is 0 Å². The number of aryl methyl sites for hydroxylation is 1. The summed E-state index contributed by atoms with van der Waals surface area (Å²) in [6.45, 7) is 6.83. The molecule has 0 spiro atoms. The predicted octanol–water partition coefficient (Wildman–Crippen LogP) is 5.45. The van der Waals surface area contributed by atoms with Crippen LogP contribution in [-0.4, -0.2) is 104 Å². The maximum absolute atomic E-state index is 12.4. The van der Waals surface area contributed by atoms with Crippen LogP contribution < -0.4 is 10.6 Å². The second-order valence-corrected chi connectivity index (χ2v) is 13.6. The lowest BCUT2D eigenvalue weighted by atomic mass is 9.90. The molecule has 2 amide bonds. The highest BCUT2D eigenvalue weighted by atomic mass is 16.6. The highest BCUT2D eigenvalue weighted by molar-refractivity contribution is 6.23. The maximum atomic E-state index is 12.4. The van der Waals surface area contributed by atoms with Crippen molar-refractivity contribution in [3.05, 3.63) is 72.3 Å². The van der Waals surface area contributed by atoms with Crippen molar-refractivity contribution in [3.8, 4) is 0 Å². The summed E-state index contributed by atoms with van der Waals surface area (Å²) in [5.41, 5.74) is 1.29. The molecule has 1 saturated carbocycles. The van der Waals surface area contributed by atoms with Crippen LogP contribution in [-0.2, 0) is 44.4 Å². The van der Waals surface area contributed by atoms with Crippen molar-refractivity contribution >= 4 is 44.1 Å². The highest BCUT2D eigenvalue weighted by Crippen LogP contribution is 2.43. The fourth-order valence-corrected chi connectivity index (χ4v) is 7.47. The molecule has 10 nitrogen and oxygen atoms in total. The van der Waals surface area contributed by atoms with E-state index in [2.05, 4.69) is 77.4 Å². The van der Waals surface area contributed by atoms with Crippen LogP contribution in [0.4, 0.5) is 0 Å². The first-order valence-electron chi connectivity index (χ1n) is 19.0. The number of ether oxygens (including phenoxy) is 6. The van der Waals surface area contributed by atoms with E-state index < -0.39 is 0 Å². The first-order valence-corrected chi connectivity index (χ1v) is 19.0. The lowest BCUT2D eigenvalue weighted by Crippen LogP contribution is -2.35. The minimum Gasteiger partial charge on any atom is -0.377 e. The maximum Gasteiger partial charge on any atom is 0.223 e. The molecule has 52 heavy (non-hydrogen) atoms. The molecule has 2 aliphatic rings. The minimum atomic E-state index is 0.0501. The molecular weight excluding hydrogens is 660 g/mol. The van der Waals surface area contributed by atoms with Gasteiger partial charge in [0.15, 0.2) is 0 Å². The van der Waals surface area contributed by atoms with Crippen LogP contribution in [0, 0.1) is 17.8 Å². The van der Waals surface area contributed by atoms with Gasteiger partial charge in [-0.25, -0.2) is 0 Å². The van der Waals surface area contributed by atoms with E-state index in [0.717, 1.165) is 25.7 Å². The molecule has 2 bridgehead atoms. The van der Waals surface area contributed by atoms with Crippen molar-refractivity contribution in [2.45, 2.75) is 32.1 Å².